The second-order valence-corrected chi connectivity index (χ2v) is 6.38. The number of halogens is 1. The average Bonchev–Trinajstić information content (AvgIpc) is 2.95. The highest BCUT2D eigenvalue weighted by Gasteiger charge is 2.16. The van der Waals surface area contributed by atoms with Gasteiger partial charge < -0.3 is 14.1 Å². The summed E-state index contributed by atoms with van der Waals surface area (Å²) in [5.74, 6) is 0.591. The van der Waals surface area contributed by atoms with Crippen LogP contribution in [0.5, 0.6) is 5.75 Å². The minimum atomic E-state index is -0.317. The molecule has 0 saturated carbocycles. The number of nitrogens with zero attached hydrogens (tertiary/aromatic N) is 3. The Morgan fingerprint density at radius 2 is 2.12 bits per heavy atom. The molecular formula is C18H18ClN3O3. The molecule has 0 N–H and O–H groups in total. The number of ether oxygens (including phenoxy) is 1. The highest BCUT2D eigenvalue weighted by Crippen LogP contribution is 2.34. The zero-order chi connectivity index (χ0) is 18.0. The molecule has 0 spiro atoms. The van der Waals surface area contributed by atoms with Gasteiger partial charge in [-0.3, -0.25) is 0 Å². The van der Waals surface area contributed by atoms with E-state index < -0.39 is 0 Å². The summed E-state index contributed by atoms with van der Waals surface area (Å²) >= 11 is 6.35. The quantitative estimate of drug-likeness (QED) is 0.655. The fraction of sp³-hybridized carbons (Fsp3) is 0.333. The lowest BCUT2D eigenvalue weighted by atomic mass is 10.1. The monoisotopic (exact) mass is 359 g/mol. The van der Waals surface area contributed by atoms with Gasteiger partial charge in [0.2, 0.25) is 0 Å². The van der Waals surface area contributed by atoms with Crippen molar-refractivity contribution >= 4 is 28.4 Å². The van der Waals surface area contributed by atoms with E-state index in [1.165, 1.54) is 0 Å². The second kappa shape index (κ2) is 7.19. The van der Waals surface area contributed by atoms with E-state index >= 15 is 0 Å². The van der Waals surface area contributed by atoms with E-state index in [-0.39, 0.29) is 11.9 Å². The summed E-state index contributed by atoms with van der Waals surface area (Å²) in [7, 11) is 0. The normalized spacial score (nSPS) is 12.3. The number of hydrogen-bond donors (Lipinski definition) is 0. The molecule has 25 heavy (non-hydrogen) atoms. The van der Waals surface area contributed by atoms with Crippen molar-refractivity contribution in [1.82, 2.24) is 15.4 Å². The zero-order valence-corrected chi connectivity index (χ0v) is 15.0. The number of Topliss-reactive ketones (excluding diaryl/α,β-unsaturated/α-hetero) is 1. The zero-order valence-electron chi connectivity index (χ0n) is 14.2. The molecule has 0 amide bonds. The summed E-state index contributed by atoms with van der Waals surface area (Å²) in [6.07, 6.45) is 0.623. The van der Waals surface area contributed by atoms with Crippen LogP contribution in [0.1, 0.15) is 43.5 Å². The Bertz CT molecular complexity index is 906. The van der Waals surface area contributed by atoms with Crippen molar-refractivity contribution in [1.29, 1.82) is 0 Å². The van der Waals surface area contributed by atoms with Crippen LogP contribution in [0, 0.1) is 6.92 Å². The third kappa shape index (κ3) is 3.96. The first kappa shape index (κ1) is 17.4. The summed E-state index contributed by atoms with van der Waals surface area (Å²) in [6, 6.07) is 7.21. The predicted molar refractivity (Wildman–Crippen MR) is 93.8 cm³/mol. The minimum absolute atomic E-state index is 0.107. The van der Waals surface area contributed by atoms with Gasteiger partial charge in [-0.2, -0.15) is 10.2 Å². The average molecular weight is 360 g/mol. The van der Waals surface area contributed by atoms with Crippen molar-refractivity contribution in [3.05, 3.63) is 46.4 Å². The van der Waals surface area contributed by atoms with E-state index in [0.29, 0.717) is 34.9 Å². The third-order valence-electron chi connectivity index (χ3n) is 3.85. The number of ketones is 1. The molecule has 0 aliphatic rings. The first-order valence-corrected chi connectivity index (χ1v) is 8.36. The molecule has 0 radical (unpaired) electrons. The maximum absolute atomic E-state index is 11.2. The van der Waals surface area contributed by atoms with Crippen LogP contribution in [0.15, 0.2) is 28.8 Å². The molecule has 2 aromatic heterocycles. The van der Waals surface area contributed by atoms with Crippen LogP contribution in [0.2, 0.25) is 5.02 Å². The summed E-state index contributed by atoms with van der Waals surface area (Å²) in [5.41, 5.74) is 2.84. The van der Waals surface area contributed by atoms with Gasteiger partial charge in [0.25, 0.3) is 0 Å². The summed E-state index contributed by atoms with van der Waals surface area (Å²) < 4.78 is 11.3. The van der Waals surface area contributed by atoms with Crippen LogP contribution < -0.4 is 4.74 Å². The van der Waals surface area contributed by atoms with Gasteiger partial charge in [-0.1, -0.05) is 16.8 Å². The lowest BCUT2D eigenvalue weighted by Crippen LogP contribution is -2.07. The van der Waals surface area contributed by atoms with Crippen molar-refractivity contribution in [3.8, 4) is 5.75 Å². The van der Waals surface area contributed by atoms with Crippen LogP contribution in [0.4, 0.5) is 0 Å². The highest BCUT2D eigenvalue weighted by atomic mass is 35.5. The van der Waals surface area contributed by atoms with Crippen LogP contribution in [0.25, 0.3) is 11.0 Å². The van der Waals surface area contributed by atoms with Crippen LogP contribution in [0.3, 0.4) is 0 Å². The maximum atomic E-state index is 11.2. The van der Waals surface area contributed by atoms with Crippen molar-refractivity contribution in [3.63, 3.8) is 0 Å². The number of aromatic nitrogens is 3. The Morgan fingerprint density at radius 3 is 2.80 bits per heavy atom. The number of rotatable bonds is 6. The second-order valence-electron chi connectivity index (χ2n) is 5.97. The van der Waals surface area contributed by atoms with E-state index in [9.17, 15) is 4.79 Å². The molecule has 7 heteroatoms. The molecule has 0 saturated heterocycles. The molecule has 0 aliphatic carbocycles. The number of hydrogen-bond acceptors (Lipinski definition) is 6. The Hall–Kier alpha value is -2.47. The van der Waals surface area contributed by atoms with Gasteiger partial charge in [-0.25, -0.2) is 0 Å². The molecule has 130 valence electrons. The van der Waals surface area contributed by atoms with E-state index in [0.717, 1.165) is 16.8 Å². The van der Waals surface area contributed by atoms with Gasteiger partial charge >= 0.3 is 0 Å². The first-order valence-electron chi connectivity index (χ1n) is 7.98. The lowest BCUT2D eigenvalue weighted by molar-refractivity contribution is -0.116. The molecule has 2 heterocycles. The molecule has 0 aliphatic heterocycles. The van der Waals surface area contributed by atoms with Crippen molar-refractivity contribution < 1.29 is 14.1 Å². The Labute approximate surface area is 150 Å². The topological polar surface area (TPSA) is 78.1 Å². The molecule has 0 unspecified atom stereocenters. The van der Waals surface area contributed by atoms with Crippen molar-refractivity contribution in [2.75, 3.05) is 0 Å². The van der Waals surface area contributed by atoms with Crippen molar-refractivity contribution in [2.24, 2.45) is 0 Å². The Balaban J connectivity index is 1.83. The Morgan fingerprint density at radius 1 is 1.32 bits per heavy atom. The van der Waals surface area contributed by atoms with Gasteiger partial charge in [-0.15, -0.1) is 0 Å². The largest absolute Gasteiger partial charge is 0.483 e. The van der Waals surface area contributed by atoms with E-state index in [2.05, 4.69) is 15.4 Å². The highest BCUT2D eigenvalue weighted by molar-refractivity contribution is 6.32. The van der Waals surface area contributed by atoms with Crippen LogP contribution >= 0.6 is 11.6 Å². The van der Waals surface area contributed by atoms with Gasteiger partial charge in [0.1, 0.15) is 23.3 Å². The van der Waals surface area contributed by atoms with Gasteiger partial charge in [0.15, 0.2) is 5.58 Å². The van der Waals surface area contributed by atoms with Gasteiger partial charge in [0.05, 0.1) is 16.4 Å². The summed E-state index contributed by atoms with van der Waals surface area (Å²) in [5, 5.41) is 13.4. The number of fused-ring (bicyclic) bond motifs is 1. The van der Waals surface area contributed by atoms with Gasteiger partial charge in [-0.05, 0) is 39.0 Å². The smallest absolute Gasteiger partial charge is 0.170 e. The number of benzene rings is 1. The third-order valence-corrected chi connectivity index (χ3v) is 4.15. The predicted octanol–water partition coefficient (Wildman–Crippen LogP) is 4.24. The SMILES string of the molecule is CC(=O)CCc1noc2cc(O[C@H](C)c3ccc(C)nn3)c(Cl)cc12. The first-order chi connectivity index (χ1) is 11.9. The van der Waals surface area contributed by atoms with E-state index in [4.69, 9.17) is 20.9 Å². The fourth-order valence-corrected chi connectivity index (χ4v) is 2.64. The number of aryl methyl sites for hydroxylation is 2. The molecule has 3 aromatic rings. The maximum Gasteiger partial charge on any atom is 0.170 e. The molecule has 0 fully saturated rings. The summed E-state index contributed by atoms with van der Waals surface area (Å²) in [4.78, 5) is 11.2. The number of carbonyl (C=O) groups is 1. The van der Waals surface area contributed by atoms with Gasteiger partial charge in [0, 0.05) is 24.3 Å². The number of carbonyl (C=O) groups excluding carboxylic acids is 1. The summed E-state index contributed by atoms with van der Waals surface area (Å²) in [6.45, 7) is 5.30. The molecule has 1 aromatic carbocycles. The molecule has 6 nitrogen and oxygen atoms in total. The Kier molecular flexibility index (Phi) is 4.99. The molecule has 1 atom stereocenters. The van der Waals surface area contributed by atoms with Crippen molar-refractivity contribution in [2.45, 2.75) is 39.7 Å². The van der Waals surface area contributed by atoms with E-state index in [1.807, 2.05) is 26.0 Å². The molecule has 3 rings (SSSR count). The molecule has 0 bridgehead atoms. The van der Waals surface area contributed by atoms with Crippen LogP contribution in [-0.4, -0.2) is 21.1 Å². The van der Waals surface area contributed by atoms with E-state index in [1.54, 1.807) is 19.1 Å². The lowest BCUT2D eigenvalue weighted by Gasteiger charge is -2.14. The van der Waals surface area contributed by atoms with Crippen LogP contribution in [-0.2, 0) is 11.2 Å². The standard InChI is InChI=1S/C18H18ClN3O3/c1-10-4-6-15(21-20-10)12(3)24-18-9-17-13(8-14(18)19)16(22-25-17)7-5-11(2)23/h4,6,8-9,12H,5,7H2,1-3H3/t12-/m1/s1. The molecular weight excluding hydrogens is 342 g/mol. The fourth-order valence-electron chi connectivity index (χ4n) is 2.43. The minimum Gasteiger partial charge on any atom is -0.483 e.